The van der Waals surface area contributed by atoms with E-state index in [1.807, 2.05) is 4.72 Å². The zero-order chi connectivity index (χ0) is 13.8. The van der Waals surface area contributed by atoms with Crippen LogP contribution in [0.25, 0.3) is 0 Å². The molecule has 0 aliphatic carbocycles. The molecule has 0 fully saturated rings. The molecule has 0 saturated carbocycles. The van der Waals surface area contributed by atoms with Crippen molar-refractivity contribution in [2.45, 2.75) is 10.9 Å². The fourth-order valence-electron chi connectivity index (χ4n) is 1.26. The molecule has 0 saturated heterocycles. The van der Waals surface area contributed by atoms with Gasteiger partial charge in [0.1, 0.15) is 16.7 Å². The van der Waals surface area contributed by atoms with E-state index in [0.717, 1.165) is 0 Å². The van der Waals surface area contributed by atoms with Crippen molar-refractivity contribution < 1.29 is 28.2 Å². The number of para-hydroxylation sites is 1. The van der Waals surface area contributed by atoms with Gasteiger partial charge in [-0.2, -0.15) is 4.72 Å². The summed E-state index contributed by atoms with van der Waals surface area (Å²) in [6, 6.07) is 4.17. The number of nitrogens with one attached hydrogen (secondary N) is 1. The van der Waals surface area contributed by atoms with Crippen LogP contribution in [0.4, 0.5) is 0 Å². The lowest BCUT2D eigenvalue weighted by Gasteiger charge is -2.14. The third kappa shape index (κ3) is 3.19. The summed E-state index contributed by atoms with van der Waals surface area (Å²) in [7, 11) is -2.77. The number of rotatable bonds is 6. The number of ether oxygens (including phenoxy) is 1. The number of aliphatic hydroxyl groups excluding tert-OH is 1. The maximum atomic E-state index is 11.9. The molecule has 0 amide bonds. The summed E-state index contributed by atoms with van der Waals surface area (Å²) < 4.78 is 30.6. The van der Waals surface area contributed by atoms with Gasteiger partial charge in [0, 0.05) is 0 Å². The number of carboxylic acid groups (broad SMARTS) is 1. The number of aliphatic hydroxyl groups is 1. The molecule has 0 radical (unpaired) electrons. The Kier molecular flexibility index (Phi) is 4.65. The third-order valence-corrected chi connectivity index (χ3v) is 3.65. The number of carbonyl (C=O) groups is 1. The molecule has 1 atom stereocenters. The highest BCUT2D eigenvalue weighted by atomic mass is 32.2. The second-order valence-corrected chi connectivity index (χ2v) is 5.03. The predicted octanol–water partition coefficient (Wildman–Crippen LogP) is -0.581. The van der Waals surface area contributed by atoms with Gasteiger partial charge >= 0.3 is 5.97 Å². The number of hydrogen-bond donors (Lipinski definition) is 3. The third-order valence-electron chi connectivity index (χ3n) is 2.14. The smallest absolute Gasteiger partial charge is 0.324 e. The van der Waals surface area contributed by atoms with E-state index >= 15 is 0 Å². The molecule has 8 heteroatoms. The standard InChI is InChI=1S/C10H13NO6S/c1-17-8-4-2-3-5-9(8)18(15,16)11-7(6-12)10(13)14/h2-5,7,11-12H,6H2,1H3,(H,13,14)/t7-/m0/s1. The van der Waals surface area contributed by atoms with Crippen LogP contribution in [0.2, 0.25) is 0 Å². The van der Waals surface area contributed by atoms with E-state index in [-0.39, 0.29) is 10.6 Å². The van der Waals surface area contributed by atoms with Crippen molar-refractivity contribution in [1.29, 1.82) is 0 Å². The molecule has 0 spiro atoms. The Bertz CT molecular complexity index is 527. The fourth-order valence-corrected chi connectivity index (χ4v) is 2.61. The molecule has 0 heterocycles. The molecule has 0 aliphatic heterocycles. The number of aliphatic carboxylic acids is 1. The Balaban J connectivity index is 3.10. The van der Waals surface area contributed by atoms with E-state index in [0.29, 0.717) is 0 Å². The summed E-state index contributed by atoms with van der Waals surface area (Å²) in [6.45, 7) is -0.844. The monoisotopic (exact) mass is 275 g/mol. The fraction of sp³-hybridized carbons (Fsp3) is 0.300. The highest BCUT2D eigenvalue weighted by molar-refractivity contribution is 7.89. The molecule has 3 N–H and O–H groups in total. The van der Waals surface area contributed by atoms with Gasteiger partial charge < -0.3 is 14.9 Å². The molecule has 100 valence electrons. The first-order valence-corrected chi connectivity index (χ1v) is 6.39. The van der Waals surface area contributed by atoms with Crippen molar-refractivity contribution in [2.75, 3.05) is 13.7 Å². The average molecular weight is 275 g/mol. The van der Waals surface area contributed by atoms with E-state index in [2.05, 4.69) is 0 Å². The molecule has 18 heavy (non-hydrogen) atoms. The van der Waals surface area contributed by atoms with Gasteiger partial charge in [-0.1, -0.05) is 12.1 Å². The van der Waals surface area contributed by atoms with Gasteiger partial charge in [0.25, 0.3) is 0 Å². The Labute approximate surface area is 104 Å². The second-order valence-electron chi connectivity index (χ2n) is 3.35. The van der Waals surface area contributed by atoms with E-state index in [4.69, 9.17) is 14.9 Å². The maximum absolute atomic E-state index is 11.9. The number of sulfonamides is 1. The van der Waals surface area contributed by atoms with Crippen LogP contribution < -0.4 is 9.46 Å². The number of carboxylic acids is 1. The minimum Gasteiger partial charge on any atom is -0.495 e. The minimum absolute atomic E-state index is 0.0899. The average Bonchev–Trinajstić information content (AvgIpc) is 2.35. The lowest BCUT2D eigenvalue weighted by Crippen LogP contribution is -2.43. The topological polar surface area (TPSA) is 113 Å². The highest BCUT2D eigenvalue weighted by Crippen LogP contribution is 2.22. The molecule has 0 bridgehead atoms. The van der Waals surface area contributed by atoms with E-state index in [1.54, 1.807) is 6.07 Å². The summed E-state index contributed by atoms with van der Waals surface area (Å²) in [5.41, 5.74) is 0. The van der Waals surface area contributed by atoms with Crippen molar-refractivity contribution in [2.24, 2.45) is 0 Å². The van der Waals surface area contributed by atoms with Gasteiger partial charge in [0.2, 0.25) is 10.0 Å². The molecular formula is C10H13NO6S. The number of benzene rings is 1. The first-order valence-electron chi connectivity index (χ1n) is 4.91. The molecule has 1 aromatic rings. The van der Waals surface area contributed by atoms with Crippen LogP contribution in [-0.4, -0.2) is 44.4 Å². The lowest BCUT2D eigenvalue weighted by atomic mass is 10.3. The van der Waals surface area contributed by atoms with Gasteiger partial charge in [-0.25, -0.2) is 8.42 Å². The van der Waals surface area contributed by atoms with Crippen molar-refractivity contribution in [1.82, 2.24) is 4.72 Å². The van der Waals surface area contributed by atoms with Gasteiger partial charge in [0.15, 0.2) is 0 Å². The second kappa shape index (κ2) is 5.80. The SMILES string of the molecule is COc1ccccc1S(=O)(=O)N[C@@H](CO)C(=O)O. The lowest BCUT2D eigenvalue weighted by molar-refractivity contribution is -0.139. The zero-order valence-corrected chi connectivity index (χ0v) is 10.3. The van der Waals surface area contributed by atoms with E-state index in [1.165, 1.54) is 25.3 Å². The Morgan fingerprint density at radius 1 is 1.44 bits per heavy atom. The van der Waals surface area contributed by atoms with E-state index in [9.17, 15) is 13.2 Å². The zero-order valence-electron chi connectivity index (χ0n) is 9.53. The largest absolute Gasteiger partial charge is 0.495 e. The van der Waals surface area contributed by atoms with Crippen molar-refractivity contribution in [3.8, 4) is 5.75 Å². The van der Waals surface area contributed by atoms with Crippen LogP contribution in [0.5, 0.6) is 5.75 Å². The quantitative estimate of drug-likeness (QED) is 0.640. The molecular weight excluding hydrogens is 262 g/mol. The van der Waals surface area contributed by atoms with Crippen LogP contribution in [-0.2, 0) is 14.8 Å². The number of methoxy groups -OCH3 is 1. The van der Waals surface area contributed by atoms with Crippen molar-refractivity contribution in [3.63, 3.8) is 0 Å². The van der Waals surface area contributed by atoms with Crippen LogP contribution in [0, 0.1) is 0 Å². The first kappa shape index (κ1) is 14.4. The Morgan fingerprint density at radius 2 is 2.06 bits per heavy atom. The van der Waals surface area contributed by atoms with Crippen molar-refractivity contribution in [3.05, 3.63) is 24.3 Å². The first-order chi connectivity index (χ1) is 8.42. The normalized spacial score (nSPS) is 13.0. The minimum atomic E-state index is -4.08. The summed E-state index contributed by atoms with van der Waals surface area (Å²) >= 11 is 0. The number of hydrogen-bond acceptors (Lipinski definition) is 5. The summed E-state index contributed by atoms with van der Waals surface area (Å²) in [6.07, 6.45) is 0. The van der Waals surface area contributed by atoms with Gasteiger partial charge in [-0.05, 0) is 12.1 Å². The molecule has 7 nitrogen and oxygen atoms in total. The Morgan fingerprint density at radius 3 is 2.56 bits per heavy atom. The molecule has 1 aromatic carbocycles. The van der Waals surface area contributed by atoms with Crippen LogP contribution in [0.1, 0.15) is 0 Å². The van der Waals surface area contributed by atoms with Gasteiger partial charge in [-0.15, -0.1) is 0 Å². The predicted molar refractivity (Wildman–Crippen MR) is 61.8 cm³/mol. The van der Waals surface area contributed by atoms with Crippen LogP contribution >= 0.6 is 0 Å². The molecule has 0 aliphatic rings. The van der Waals surface area contributed by atoms with Crippen molar-refractivity contribution >= 4 is 16.0 Å². The van der Waals surface area contributed by atoms with Gasteiger partial charge in [0.05, 0.1) is 13.7 Å². The van der Waals surface area contributed by atoms with Crippen LogP contribution in [0.3, 0.4) is 0 Å². The van der Waals surface area contributed by atoms with Crippen LogP contribution in [0.15, 0.2) is 29.2 Å². The summed E-state index contributed by atoms with van der Waals surface area (Å²) in [4.78, 5) is 10.5. The summed E-state index contributed by atoms with van der Waals surface area (Å²) in [5, 5.41) is 17.5. The highest BCUT2D eigenvalue weighted by Gasteiger charge is 2.26. The van der Waals surface area contributed by atoms with E-state index < -0.39 is 28.6 Å². The molecule has 1 rings (SSSR count). The van der Waals surface area contributed by atoms with Gasteiger partial charge in [-0.3, -0.25) is 4.79 Å². The molecule has 0 aromatic heterocycles. The maximum Gasteiger partial charge on any atom is 0.324 e. The Hall–Kier alpha value is -1.64. The summed E-state index contributed by atoms with van der Waals surface area (Å²) in [5.74, 6) is -1.37. The molecule has 0 unspecified atom stereocenters.